The van der Waals surface area contributed by atoms with E-state index >= 15 is 0 Å². The zero-order chi connectivity index (χ0) is 12.2. The smallest absolute Gasteiger partial charge is 0.264 e. The van der Waals surface area contributed by atoms with Crippen LogP contribution in [0.3, 0.4) is 0 Å². The van der Waals surface area contributed by atoms with Crippen LogP contribution in [0, 0.1) is 5.53 Å². The van der Waals surface area contributed by atoms with Gasteiger partial charge in [0, 0.05) is 6.92 Å². The molecule has 0 atom stereocenters. The zero-order valence-corrected chi connectivity index (χ0v) is 9.15. The number of hydrogen-bond acceptors (Lipinski definition) is 5. The molecule has 16 heavy (non-hydrogen) atoms. The molecular weight excluding hydrogens is 232 g/mol. The van der Waals surface area contributed by atoms with Gasteiger partial charge in [0.1, 0.15) is 5.53 Å². The second kappa shape index (κ2) is 4.65. The van der Waals surface area contributed by atoms with Crippen LogP contribution in [0.25, 0.3) is 0 Å². The highest BCUT2D eigenvalue weighted by molar-refractivity contribution is 7.90. The molecule has 1 rings (SSSR count). The van der Waals surface area contributed by atoms with Crippen LogP contribution in [-0.2, 0) is 14.8 Å². The average molecular weight is 241 g/mol. The van der Waals surface area contributed by atoms with Crippen molar-refractivity contribution >= 4 is 21.6 Å². The monoisotopic (exact) mass is 241 g/mol. The number of amides is 1. The first-order chi connectivity index (χ1) is 7.45. The molecule has 0 saturated heterocycles. The van der Waals surface area contributed by atoms with Gasteiger partial charge >= 0.3 is 0 Å². The Labute approximate surface area is 91.8 Å². The molecule has 84 valence electrons. The van der Waals surface area contributed by atoms with Gasteiger partial charge in [0.25, 0.3) is 10.0 Å². The molecule has 0 radical (unpaired) electrons. The molecule has 7 nitrogen and oxygen atoms in total. The largest absolute Gasteiger partial charge is 0.274 e. The molecule has 0 aliphatic rings. The van der Waals surface area contributed by atoms with Crippen molar-refractivity contribution in [3.63, 3.8) is 0 Å². The topological polar surface area (TPSA) is 114 Å². The molecule has 0 bridgehead atoms. The predicted molar refractivity (Wildman–Crippen MR) is 54.4 cm³/mol. The third-order valence-electron chi connectivity index (χ3n) is 1.59. The van der Waals surface area contributed by atoms with Gasteiger partial charge in [-0.15, -0.1) is 0 Å². The Kier molecular flexibility index (Phi) is 3.49. The van der Waals surface area contributed by atoms with Crippen LogP contribution >= 0.6 is 0 Å². The molecular formula is C8H9N4O3S+. The van der Waals surface area contributed by atoms with Crippen molar-refractivity contribution in [2.75, 3.05) is 0 Å². The lowest BCUT2D eigenvalue weighted by molar-refractivity contribution is -0.117. The number of carbonyl (C=O) groups excluding carboxylic acids is 1. The zero-order valence-electron chi connectivity index (χ0n) is 8.34. The molecule has 0 saturated carbocycles. The van der Waals surface area contributed by atoms with Gasteiger partial charge in [-0.05, 0) is 24.3 Å². The summed E-state index contributed by atoms with van der Waals surface area (Å²) < 4.78 is 24.8. The number of hydrogen-bond donors (Lipinski definition) is 2. The number of nitrogens with zero attached hydrogens (tertiary/aromatic N) is 2. The van der Waals surface area contributed by atoms with Crippen LogP contribution in [0.15, 0.2) is 34.3 Å². The lowest BCUT2D eigenvalue weighted by Crippen LogP contribution is -2.28. The standard InChI is InChI=1S/C8H8N4O3S/c1-6(13)11-16(14,15)8-4-2-7(3-5-8)10-12-9/h2-5,9H,1H3/p+1. The van der Waals surface area contributed by atoms with Crippen LogP contribution in [0.1, 0.15) is 6.92 Å². The third-order valence-corrected chi connectivity index (χ3v) is 3.04. The molecule has 2 N–H and O–H groups in total. The fourth-order valence-electron chi connectivity index (χ4n) is 0.998. The van der Waals surface area contributed by atoms with E-state index in [0.717, 1.165) is 6.92 Å². The fraction of sp³-hybridized carbons (Fsp3) is 0.125. The summed E-state index contributed by atoms with van der Waals surface area (Å²) in [5.41, 5.74) is 6.85. The maximum Gasteiger partial charge on any atom is 0.264 e. The Balaban J connectivity index is 3.06. The van der Waals surface area contributed by atoms with Crippen LogP contribution < -0.4 is 9.63 Å². The lowest BCUT2D eigenvalue weighted by Gasteiger charge is -2.03. The summed E-state index contributed by atoms with van der Waals surface area (Å²) in [5.74, 6) is -0.657. The van der Waals surface area contributed by atoms with E-state index in [-0.39, 0.29) is 4.90 Å². The average Bonchev–Trinajstić information content (AvgIpc) is 2.17. The quantitative estimate of drug-likeness (QED) is 0.599. The van der Waals surface area contributed by atoms with Crippen LogP contribution in [0.4, 0.5) is 5.69 Å². The second-order valence-electron chi connectivity index (χ2n) is 2.86. The van der Waals surface area contributed by atoms with E-state index in [1.165, 1.54) is 24.3 Å². The van der Waals surface area contributed by atoms with E-state index < -0.39 is 15.9 Å². The number of benzene rings is 1. The highest BCUT2D eigenvalue weighted by Gasteiger charge is 2.15. The van der Waals surface area contributed by atoms with Gasteiger partial charge in [0.05, 0.1) is 4.90 Å². The van der Waals surface area contributed by atoms with E-state index in [2.05, 4.69) is 10.0 Å². The van der Waals surface area contributed by atoms with Gasteiger partial charge in [-0.25, -0.2) is 13.1 Å². The van der Waals surface area contributed by atoms with E-state index in [4.69, 9.17) is 5.53 Å². The minimum Gasteiger partial charge on any atom is -0.274 e. The summed E-state index contributed by atoms with van der Waals surface area (Å²) in [6.07, 6.45) is 0. The molecule has 1 aromatic rings. The van der Waals surface area contributed by atoms with Gasteiger partial charge < -0.3 is 0 Å². The first kappa shape index (κ1) is 12.0. The summed E-state index contributed by atoms with van der Waals surface area (Å²) in [7, 11) is -3.81. The van der Waals surface area contributed by atoms with Crippen molar-refractivity contribution in [1.82, 2.24) is 9.63 Å². The summed E-state index contributed by atoms with van der Waals surface area (Å²) in [5, 5.41) is 3.40. The Morgan fingerprint density at radius 1 is 1.38 bits per heavy atom. The number of sulfonamides is 1. The summed E-state index contributed by atoms with van der Waals surface area (Å²) in [6.45, 7) is 1.11. The minimum absolute atomic E-state index is 0.0494. The summed E-state index contributed by atoms with van der Waals surface area (Å²) >= 11 is 0. The normalized spacial score (nSPS) is 10.3. The lowest BCUT2D eigenvalue weighted by atomic mass is 10.3. The molecule has 1 aromatic carbocycles. The first-order valence-electron chi connectivity index (χ1n) is 4.16. The van der Waals surface area contributed by atoms with E-state index in [1.54, 1.807) is 0 Å². The number of nitrogens with one attached hydrogen (secondary N) is 2. The van der Waals surface area contributed by atoms with E-state index in [9.17, 15) is 13.2 Å². The van der Waals surface area contributed by atoms with Gasteiger partial charge in [0.15, 0.2) is 10.8 Å². The SMILES string of the molecule is CC(=O)NS(=O)(=O)c1ccc(N=[N+]=N)cc1. The first-order valence-corrected chi connectivity index (χ1v) is 5.65. The molecule has 0 heterocycles. The van der Waals surface area contributed by atoms with Crippen molar-refractivity contribution < 1.29 is 13.2 Å². The minimum atomic E-state index is -3.81. The molecule has 1 amide bonds. The van der Waals surface area contributed by atoms with Gasteiger partial charge in [-0.2, -0.15) is 0 Å². The van der Waals surface area contributed by atoms with Crippen molar-refractivity contribution in [1.29, 1.82) is 5.53 Å². The van der Waals surface area contributed by atoms with Crippen molar-refractivity contribution in [2.45, 2.75) is 11.8 Å². The van der Waals surface area contributed by atoms with Gasteiger partial charge in [-0.3, -0.25) is 4.79 Å². The van der Waals surface area contributed by atoms with Crippen molar-refractivity contribution in [3.05, 3.63) is 24.3 Å². The molecule has 0 aliphatic heterocycles. The summed E-state index contributed by atoms with van der Waals surface area (Å²) in [6, 6.07) is 5.31. The maximum absolute atomic E-state index is 11.5. The Hall–Kier alpha value is -2.05. The van der Waals surface area contributed by atoms with Gasteiger partial charge in [-0.1, -0.05) is 0 Å². The number of carbonyl (C=O) groups is 1. The van der Waals surface area contributed by atoms with Crippen LogP contribution in [0.5, 0.6) is 0 Å². The fourth-order valence-corrected chi connectivity index (χ4v) is 1.99. The van der Waals surface area contributed by atoms with Crippen LogP contribution in [-0.4, -0.2) is 14.3 Å². The molecule has 0 spiro atoms. The second-order valence-corrected chi connectivity index (χ2v) is 4.54. The molecule has 8 heteroatoms. The highest BCUT2D eigenvalue weighted by Crippen LogP contribution is 2.15. The molecule has 0 unspecified atom stereocenters. The molecule has 0 fully saturated rings. The molecule has 0 aromatic heterocycles. The highest BCUT2D eigenvalue weighted by atomic mass is 32.2. The van der Waals surface area contributed by atoms with E-state index in [0.29, 0.717) is 5.69 Å². The van der Waals surface area contributed by atoms with Crippen LogP contribution in [0.2, 0.25) is 0 Å². The maximum atomic E-state index is 11.5. The van der Waals surface area contributed by atoms with Gasteiger partial charge in [0.2, 0.25) is 10.8 Å². The summed E-state index contributed by atoms with van der Waals surface area (Å²) in [4.78, 5) is 13.4. The molecule has 0 aliphatic carbocycles. The van der Waals surface area contributed by atoms with Crippen molar-refractivity contribution in [2.24, 2.45) is 5.11 Å². The Morgan fingerprint density at radius 2 is 1.94 bits per heavy atom. The third kappa shape index (κ3) is 2.97. The number of rotatable bonds is 3. The van der Waals surface area contributed by atoms with E-state index in [1.807, 2.05) is 4.72 Å². The van der Waals surface area contributed by atoms with Crippen molar-refractivity contribution in [3.8, 4) is 0 Å². The predicted octanol–water partition coefficient (Wildman–Crippen LogP) is 0.693. The Morgan fingerprint density at radius 3 is 2.38 bits per heavy atom. The Bertz CT molecular complexity index is 543.